The molecule has 0 aliphatic carbocycles. The SMILES string of the molecule is Cc1c(CN(C)C(O)/C=C/c2cnc3c(c2)C(O)CCC(=O)N3)oc2ccccc12. The Bertz CT molecular complexity index is 1110. The molecule has 30 heavy (non-hydrogen) atoms. The summed E-state index contributed by atoms with van der Waals surface area (Å²) in [7, 11) is 1.82. The second-order valence-electron chi connectivity index (χ2n) is 7.64. The molecule has 1 aliphatic rings. The van der Waals surface area contributed by atoms with Crippen LogP contribution in [-0.4, -0.2) is 39.3 Å². The number of fused-ring (bicyclic) bond motifs is 2. The number of carbonyl (C=O) groups excluding carboxylic acids is 1. The number of amides is 1. The molecule has 0 spiro atoms. The van der Waals surface area contributed by atoms with Crippen LogP contribution in [0.15, 0.2) is 47.0 Å². The fourth-order valence-electron chi connectivity index (χ4n) is 3.61. The van der Waals surface area contributed by atoms with Crippen molar-refractivity contribution in [3.8, 4) is 0 Å². The lowest BCUT2D eigenvalue weighted by Gasteiger charge is -2.20. The quantitative estimate of drug-likeness (QED) is 0.561. The second kappa shape index (κ2) is 8.39. The number of furan rings is 1. The van der Waals surface area contributed by atoms with Crippen molar-refractivity contribution < 1.29 is 19.4 Å². The molecule has 0 bridgehead atoms. The average molecular weight is 407 g/mol. The number of para-hydroxylation sites is 1. The molecule has 1 aromatic carbocycles. The largest absolute Gasteiger partial charge is 0.459 e. The second-order valence-corrected chi connectivity index (χ2v) is 7.64. The van der Waals surface area contributed by atoms with Crippen LogP contribution in [0.5, 0.6) is 0 Å². The minimum Gasteiger partial charge on any atom is -0.459 e. The topological polar surface area (TPSA) is 98.8 Å². The summed E-state index contributed by atoms with van der Waals surface area (Å²) in [4.78, 5) is 17.7. The molecule has 3 N–H and O–H groups in total. The summed E-state index contributed by atoms with van der Waals surface area (Å²) in [5, 5.41) is 24.6. The third-order valence-electron chi connectivity index (χ3n) is 5.45. The number of hydrogen-bond acceptors (Lipinski definition) is 6. The Morgan fingerprint density at radius 1 is 1.40 bits per heavy atom. The highest BCUT2D eigenvalue weighted by molar-refractivity contribution is 5.91. The molecular weight excluding hydrogens is 382 g/mol. The summed E-state index contributed by atoms with van der Waals surface area (Å²) >= 11 is 0. The van der Waals surface area contributed by atoms with Crippen molar-refractivity contribution in [2.75, 3.05) is 12.4 Å². The Kier molecular flexibility index (Phi) is 5.67. The number of aromatic nitrogens is 1. The maximum absolute atomic E-state index is 11.7. The molecule has 0 radical (unpaired) electrons. The van der Waals surface area contributed by atoms with E-state index >= 15 is 0 Å². The standard InChI is InChI=1S/C23H25N3O4/c1-14-16-5-3-4-6-19(16)30-20(14)13-26(2)22(29)10-7-15-11-17-18(27)8-9-21(28)25-23(17)24-12-15/h3-7,10-12,18,22,27,29H,8-9,13H2,1-2H3,(H,24,25,28)/b10-7+. The molecule has 3 heterocycles. The minimum absolute atomic E-state index is 0.151. The third-order valence-corrected chi connectivity index (χ3v) is 5.45. The zero-order valence-electron chi connectivity index (χ0n) is 17.0. The number of carbonyl (C=O) groups is 1. The van der Waals surface area contributed by atoms with Crippen LogP contribution in [0.3, 0.4) is 0 Å². The molecule has 0 saturated carbocycles. The van der Waals surface area contributed by atoms with E-state index < -0.39 is 12.3 Å². The maximum Gasteiger partial charge on any atom is 0.225 e. The zero-order valence-corrected chi connectivity index (χ0v) is 17.0. The van der Waals surface area contributed by atoms with Gasteiger partial charge < -0.3 is 19.9 Å². The van der Waals surface area contributed by atoms with Crippen molar-refractivity contribution in [1.29, 1.82) is 0 Å². The van der Waals surface area contributed by atoms with Crippen molar-refractivity contribution in [3.63, 3.8) is 0 Å². The van der Waals surface area contributed by atoms with Gasteiger partial charge in [0.2, 0.25) is 5.91 Å². The average Bonchev–Trinajstić information content (AvgIpc) is 2.98. The van der Waals surface area contributed by atoms with Crippen LogP contribution in [0.4, 0.5) is 5.82 Å². The van der Waals surface area contributed by atoms with Crippen LogP contribution >= 0.6 is 0 Å². The molecule has 0 fully saturated rings. The number of aryl methyl sites for hydroxylation is 1. The minimum atomic E-state index is -0.832. The van der Waals surface area contributed by atoms with Crippen LogP contribution in [0, 0.1) is 6.92 Å². The van der Waals surface area contributed by atoms with E-state index in [1.807, 2.05) is 38.2 Å². The van der Waals surface area contributed by atoms with E-state index in [2.05, 4.69) is 10.3 Å². The van der Waals surface area contributed by atoms with Crippen molar-refractivity contribution >= 4 is 28.8 Å². The van der Waals surface area contributed by atoms with E-state index in [1.54, 1.807) is 29.3 Å². The Morgan fingerprint density at radius 2 is 2.20 bits per heavy atom. The lowest BCUT2D eigenvalue weighted by atomic mass is 10.1. The number of likely N-dealkylation sites (N-methyl/N-ethyl adjacent to an activating group) is 1. The molecule has 0 saturated heterocycles. The first kappa shape index (κ1) is 20.3. The summed E-state index contributed by atoms with van der Waals surface area (Å²) in [5.74, 6) is 1.05. The molecular formula is C23H25N3O4. The molecule has 156 valence electrons. The monoisotopic (exact) mass is 407 g/mol. The summed E-state index contributed by atoms with van der Waals surface area (Å²) < 4.78 is 5.93. The van der Waals surface area contributed by atoms with Gasteiger partial charge in [-0.2, -0.15) is 0 Å². The van der Waals surface area contributed by atoms with Crippen LogP contribution in [0.1, 0.15) is 41.4 Å². The summed E-state index contributed by atoms with van der Waals surface area (Å²) in [5.41, 5.74) is 3.23. The van der Waals surface area contributed by atoms with E-state index in [1.165, 1.54) is 0 Å². The zero-order chi connectivity index (χ0) is 21.3. The lowest BCUT2D eigenvalue weighted by molar-refractivity contribution is -0.116. The highest BCUT2D eigenvalue weighted by Gasteiger charge is 2.21. The fraction of sp³-hybridized carbons (Fsp3) is 0.304. The number of hydrogen-bond donors (Lipinski definition) is 3. The highest BCUT2D eigenvalue weighted by atomic mass is 16.3. The van der Waals surface area contributed by atoms with E-state index in [0.29, 0.717) is 24.3 Å². The number of rotatable bonds is 5. The van der Waals surface area contributed by atoms with Gasteiger partial charge in [0.1, 0.15) is 23.4 Å². The summed E-state index contributed by atoms with van der Waals surface area (Å²) in [6.45, 7) is 2.47. The van der Waals surface area contributed by atoms with Crippen LogP contribution < -0.4 is 5.32 Å². The normalized spacial score (nSPS) is 17.9. The molecule has 2 atom stereocenters. The number of pyridine rings is 1. The number of anilines is 1. The third kappa shape index (κ3) is 4.14. The molecule has 3 aromatic rings. The predicted molar refractivity (Wildman–Crippen MR) is 115 cm³/mol. The molecule has 2 aromatic heterocycles. The molecule has 4 rings (SSSR count). The Labute approximate surface area is 174 Å². The van der Waals surface area contributed by atoms with E-state index in [0.717, 1.165) is 27.9 Å². The van der Waals surface area contributed by atoms with Crippen LogP contribution in [0.25, 0.3) is 17.0 Å². The van der Waals surface area contributed by atoms with Gasteiger partial charge in [-0.05, 0) is 49.7 Å². The lowest BCUT2D eigenvalue weighted by Crippen LogP contribution is -2.29. The van der Waals surface area contributed by atoms with Crippen LogP contribution in [0.2, 0.25) is 0 Å². The number of nitrogens with one attached hydrogen (secondary N) is 1. The summed E-state index contributed by atoms with van der Waals surface area (Å²) in [6, 6.07) is 9.66. The molecule has 7 nitrogen and oxygen atoms in total. The Morgan fingerprint density at radius 3 is 3.00 bits per heavy atom. The Balaban J connectivity index is 1.47. The highest BCUT2D eigenvalue weighted by Crippen LogP contribution is 2.29. The summed E-state index contributed by atoms with van der Waals surface area (Å²) in [6.07, 6.45) is 4.04. The van der Waals surface area contributed by atoms with Gasteiger partial charge in [-0.1, -0.05) is 24.3 Å². The first-order valence-electron chi connectivity index (χ1n) is 9.93. The van der Waals surface area contributed by atoms with E-state index in [9.17, 15) is 15.0 Å². The van der Waals surface area contributed by atoms with Gasteiger partial charge in [-0.3, -0.25) is 9.69 Å². The molecule has 1 amide bonds. The number of aliphatic hydroxyl groups excluding tert-OH is 2. The molecule has 7 heteroatoms. The smallest absolute Gasteiger partial charge is 0.225 e. The van der Waals surface area contributed by atoms with Gasteiger partial charge in [0, 0.05) is 23.6 Å². The first-order valence-corrected chi connectivity index (χ1v) is 9.93. The van der Waals surface area contributed by atoms with Gasteiger partial charge in [-0.15, -0.1) is 0 Å². The van der Waals surface area contributed by atoms with Gasteiger partial charge in [0.05, 0.1) is 12.6 Å². The molecule has 2 unspecified atom stereocenters. The first-order chi connectivity index (χ1) is 14.4. The maximum atomic E-state index is 11.7. The molecule has 1 aliphatic heterocycles. The van der Waals surface area contributed by atoms with Crippen molar-refractivity contribution in [2.24, 2.45) is 0 Å². The number of nitrogens with zero attached hydrogens (tertiary/aromatic N) is 2. The van der Waals surface area contributed by atoms with Crippen molar-refractivity contribution in [1.82, 2.24) is 9.88 Å². The van der Waals surface area contributed by atoms with Gasteiger partial charge in [0.25, 0.3) is 0 Å². The van der Waals surface area contributed by atoms with E-state index in [4.69, 9.17) is 4.42 Å². The Hall–Kier alpha value is -3.00. The van der Waals surface area contributed by atoms with Gasteiger partial charge in [-0.25, -0.2) is 4.98 Å². The fourth-order valence-corrected chi connectivity index (χ4v) is 3.61. The number of aliphatic hydroxyl groups is 2. The predicted octanol–water partition coefficient (Wildman–Crippen LogP) is 3.37. The van der Waals surface area contributed by atoms with Gasteiger partial charge in [0.15, 0.2) is 0 Å². The van der Waals surface area contributed by atoms with Crippen molar-refractivity contribution in [2.45, 2.75) is 38.6 Å². The van der Waals surface area contributed by atoms with Crippen molar-refractivity contribution in [3.05, 3.63) is 65.1 Å². The van der Waals surface area contributed by atoms with E-state index in [-0.39, 0.29) is 12.3 Å². The number of benzene rings is 1. The van der Waals surface area contributed by atoms with Gasteiger partial charge >= 0.3 is 0 Å². The van der Waals surface area contributed by atoms with Crippen LogP contribution in [-0.2, 0) is 11.3 Å².